The fourth-order valence-corrected chi connectivity index (χ4v) is 11.9. The smallest absolute Gasteiger partial charge is 0.251 e. The van der Waals surface area contributed by atoms with E-state index in [0.29, 0.717) is 47.7 Å². The first-order valence-electron chi connectivity index (χ1n) is 24.6. The van der Waals surface area contributed by atoms with E-state index in [0.717, 1.165) is 116 Å². The molecule has 3 aliphatic heterocycles. The molecule has 1 aliphatic carbocycles. The van der Waals surface area contributed by atoms with E-state index in [1.807, 2.05) is 29.4 Å². The second-order valence-electron chi connectivity index (χ2n) is 20.6. The number of nitrogens with one attached hydrogen (secondary N) is 1. The van der Waals surface area contributed by atoms with Crippen LogP contribution in [-0.4, -0.2) is 93.4 Å². The van der Waals surface area contributed by atoms with Gasteiger partial charge in [-0.1, -0.05) is 45.9 Å². The monoisotopic (exact) mass is 929 g/mol. The van der Waals surface area contributed by atoms with Crippen molar-refractivity contribution >= 4 is 28.3 Å². The van der Waals surface area contributed by atoms with Crippen LogP contribution in [0.1, 0.15) is 99.9 Å². The molecule has 3 aromatic carbocycles. The van der Waals surface area contributed by atoms with E-state index < -0.39 is 0 Å². The van der Waals surface area contributed by atoms with Gasteiger partial charge < -0.3 is 29.3 Å². The highest BCUT2D eigenvalue weighted by molar-refractivity contribution is 5.98. The maximum absolute atomic E-state index is 13.6. The number of amides is 2. The number of carbonyl (C=O) groups excluding carboxylic acids is 2. The van der Waals surface area contributed by atoms with Crippen molar-refractivity contribution < 1.29 is 23.8 Å². The average molecular weight is 930 g/mol. The summed E-state index contributed by atoms with van der Waals surface area (Å²) in [5, 5.41) is 24.9. The Bertz CT molecular complexity index is 2900. The molecule has 14 heteroatoms. The van der Waals surface area contributed by atoms with Crippen molar-refractivity contribution in [3.8, 4) is 40.1 Å². The van der Waals surface area contributed by atoms with Crippen molar-refractivity contribution in [2.45, 2.75) is 104 Å². The summed E-state index contributed by atoms with van der Waals surface area (Å²) in [5.74, 6) is 1.71. The quantitative estimate of drug-likeness (QED) is 0.126. The van der Waals surface area contributed by atoms with Gasteiger partial charge in [-0.2, -0.15) is 15.5 Å². The van der Waals surface area contributed by atoms with Gasteiger partial charge >= 0.3 is 0 Å². The second kappa shape index (κ2) is 18.6. The van der Waals surface area contributed by atoms with Gasteiger partial charge in [0.15, 0.2) is 0 Å². The molecule has 69 heavy (non-hydrogen) atoms. The summed E-state index contributed by atoms with van der Waals surface area (Å²) in [6.07, 6.45) is 11.8. The molecule has 0 unspecified atom stereocenters. The summed E-state index contributed by atoms with van der Waals surface area (Å²) in [7, 11) is 1.54. The number of rotatable bonds is 12. The number of carbonyl (C=O) groups is 2. The van der Waals surface area contributed by atoms with Crippen molar-refractivity contribution in [1.82, 2.24) is 34.8 Å². The molecule has 0 radical (unpaired) electrons. The summed E-state index contributed by atoms with van der Waals surface area (Å²) in [5.41, 5.74) is 7.81. The third-order valence-corrected chi connectivity index (χ3v) is 15.6. The number of fused-ring (bicyclic) bond motifs is 2. The summed E-state index contributed by atoms with van der Waals surface area (Å²) < 4.78 is 21.9. The van der Waals surface area contributed by atoms with Crippen LogP contribution in [0.3, 0.4) is 0 Å². The number of ether oxygens (including phenoxy) is 3. The van der Waals surface area contributed by atoms with Gasteiger partial charge in [0.25, 0.3) is 5.91 Å². The van der Waals surface area contributed by atoms with E-state index in [1.54, 1.807) is 32.2 Å². The number of nitriles is 1. The van der Waals surface area contributed by atoms with E-state index in [4.69, 9.17) is 29.4 Å². The van der Waals surface area contributed by atoms with Crippen LogP contribution >= 0.6 is 0 Å². The van der Waals surface area contributed by atoms with E-state index in [1.165, 1.54) is 5.69 Å². The number of nitrogens with zero attached hydrogens (tertiary/aromatic N) is 8. The lowest BCUT2D eigenvalue weighted by atomic mass is 9.49. The fourth-order valence-electron chi connectivity index (χ4n) is 11.9. The van der Waals surface area contributed by atoms with Crippen LogP contribution in [0.15, 0.2) is 85.3 Å². The van der Waals surface area contributed by atoms with Gasteiger partial charge in [-0.15, -0.1) is 0 Å². The molecule has 10 rings (SSSR count). The van der Waals surface area contributed by atoms with Gasteiger partial charge in [0.1, 0.15) is 23.7 Å². The molecular weight excluding hydrogens is 867 g/mol. The first-order chi connectivity index (χ1) is 33.3. The van der Waals surface area contributed by atoms with Crippen LogP contribution in [0.2, 0.25) is 0 Å². The molecule has 6 heterocycles. The molecule has 0 atom stereocenters. The lowest BCUT2D eigenvalue weighted by molar-refractivity contribution is -0.164. The molecule has 0 spiro atoms. The molecule has 2 saturated heterocycles. The third-order valence-electron chi connectivity index (χ3n) is 15.6. The zero-order chi connectivity index (χ0) is 48.0. The number of anilines is 1. The number of aromatic nitrogens is 5. The van der Waals surface area contributed by atoms with Crippen molar-refractivity contribution in [3.05, 3.63) is 108 Å². The minimum absolute atomic E-state index is 0.0915. The maximum atomic E-state index is 13.6. The Balaban J connectivity index is 0.731. The zero-order valence-electron chi connectivity index (χ0n) is 40.7. The second-order valence-corrected chi connectivity index (χ2v) is 20.6. The molecule has 3 aromatic heterocycles. The number of methoxy groups -OCH3 is 1. The Hall–Kier alpha value is -6.72. The standard InChI is InChI=1S/C55H63N9O5/c1-35(65)62-24-19-48-46(34-62)50(60-64(48)42-20-26-68-27-21-42)44-9-7-8-38-28-47(57-32-45(38)44)40-31-58-63(33-40)25-18-36-16-22-61(23-17-36)41-13-10-37(11-14-41)51(66)59-52-54(2,3)53(55(52,4)5)69-43-15-12-39(30-56)49(29-43)67-6/h7-15,28-29,31-33,36,42,52-53H,16-27,34H2,1-6H3,(H,59,66). The summed E-state index contributed by atoms with van der Waals surface area (Å²) >= 11 is 0. The lowest BCUT2D eigenvalue weighted by Crippen LogP contribution is -2.74. The molecule has 1 saturated carbocycles. The van der Waals surface area contributed by atoms with E-state index in [2.05, 4.69) is 95.9 Å². The number of hydrogen-bond acceptors (Lipinski definition) is 10. The van der Waals surface area contributed by atoms with Gasteiger partial charge in [0, 0.05) is 134 Å². The first kappa shape index (κ1) is 46.0. The Kier molecular flexibility index (Phi) is 12.4. The van der Waals surface area contributed by atoms with Crippen molar-refractivity contribution in [1.29, 1.82) is 5.26 Å². The van der Waals surface area contributed by atoms with E-state index >= 15 is 0 Å². The van der Waals surface area contributed by atoms with Gasteiger partial charge in [-0.05, 0) is 85.9 Å². The minimum Gasteiger partial charge on any atom is -0.495 e. The number of piperidine rings is 1. The van der Waals surface area contributed by atoms with Crippen LogP contribution in [0.25, 0.3) is 33.3 Å². The molecule has 2 amide bonds. The summed E-state index contributed by atoms with van der Waals surface area (Å²) in [4.78, 5) is 35.5. The molecule has 3 fully saturated rings. The predicted molar refractivity (Wildman–Crippen MR) is 265 cm³/mol. The fraction of sp³-hybridized carbons (Fsp3) is 0.455. The molecule has 14 nitrogen and oxygen atoms in total. The Morgan fingerprint density at radius 1 is 0.942 bits per heavy atom. The lowest BCUT2D eigenvalue weighted by Gasteiger charge is -2.63. The van der Waals surface area contributed by atoms with Crippen molar-refractivity contribution in [2.75, 3.05) is 44.9 Å². The Morgan fingerprint density at radius 2 is 1.71 bits per heavy atom. The topological polar surface area (TPSA) is 153 Å². The van der Waals surface area contributed by atoms with Gasteiger partial charge in [-0.3, -0.25) is 23.9 Å². The Labute approximate surface area is 404 Å². The normalized spacial score (nSPS) is 20.2. The Morgan fingerprint density at radius 3 is 2.43 bits per heavy atom. The van der Waals surface area contributed by atoms with Crippen molar-refractivity contribution in [3.63, 3.8) is 0 Å². The average Bonchev–Trinajstić information content (AvgIpc) is 4.01. The maximum Gasteiger partial charge on any atom is 0.251 e. The molecular formula is C55H63N9O5. The minimum atomic E-state index is -0.342. The highest BCUT2D eigenvalue weighted by atomic mass is 16.5. The van der Waals surface area contributed by atoms with Gasteiger partial charge in [0.05, 0.1) is 36.3 Å². The highest BCUT2D eigenvalue weighted by Crippen LogP contribution is 2.56. The largest absolute Gasteiger partial charge is 0.495 e. The molecule has 1 N–H and O–H groups in total. The van der Waals surface area contributed by atoms with Crippen LogP contribution in [-0.2, 0) is 29.0 Å². The molecule has 4 aliphatic rings. The molecule has 0 bridgehead atoms. The van der Waals surface area contributed by atoms with Crippen LogP contribution in [0, 0.1) is 28.1 Å². The van der Waals surface area contributed by atoms with Crippen LogP contribution in [0.4, 0.5) is 5.69 Å². The van der Waals surface area contributed by atoms with E-state index in [-0.39, 0.29) is 34.8 Å². The SMILES string of the molecule is COc1cc(OC2C(C)(C)C(NC(=O)c3ccc(N4CCC(CCn5cc(-c6cc7cccc(-c8nn(C9CCOCC9)c9c8CN(C(C)=O)CC9)c7cn6)cn5)CC4)cc3)C2(C)C)ccc1C#N. The predicted octanol–water partition coefficient (Wildman–Crippen LogP) is 9.02. The van der Waals surface area contributed by atoms with Gasteiger partial charge in [0.2, 0.25) is 5.91 Å². The number of benzene rings is 3. The molecule has 6 aromatic rings. The summed E-state index contributed by atoms with van der Waals surface area (Å²) in [6, 6.07) is 24.1. The highest BCUT2D eigenvalue weighted by Gasteiger charge is 2.64. The zero-order valence-corrected chi connectivity index (χ0v) is 40.7. The number of hydrogen-bond donors (Lipinski definition) is 1. The van der Waals surface area contributed by atoms with Crippen LogP contribution < -0.4 is 19.7 Å². The van der Waals surface area contributed by atoms with E-state index in [9.17, 15) is 14.9 Å². The summed E-state index contributed by atoms with van der Waals surface area (Å²) in [6.45, 7) is 15.7. The number of aryl methyl sites for hydroxylation is 1. The first-order valence-corrected chi connectivity index (χ1v) is 24.6. The number of pyridine rings is 1. The van der Waals surface area contributed by atoms with Crippen LogP contribution in [0.5, 0.6) is 11.5 Å². The van der Waals surface area contributed by atoms with Crippen molar-refractivity contribution in [2.24, 2.45) is 16.7 Å². The molecule has 358 valence electrons. The van der Waals surface area contributed by atoms with Gasteiger partial charge in [-0.25, -0.2) is 0 Å². The third kappa shape index (κ3) is 8.82.